The molecule has 0 aromatic heterocycles. The number of phenolic OH excluding ortho intramolecular Hbond substituents is 2. The predicted octanol–water partition coefficient (Wildman–Crippen LogP) is 1.64. The first-order valence-corrected chi connectivity index (χ1v) is 5.32. The maximum atomic E-state index is 11.6. The van der Waals surface area contributed by atoms with Gasteiger partial charge in [0.2, 0.25) is 0 Å². The number of carbonyl (C=O) groups excluding carboxylic acids is 1. The van der Waals surface area contributed by atoms with E-state index in [-0.39, 0.29) is 22.3 Å². The first-order chi connectivity index (χ1) is 7.84. The molecule has 0 aliphatic carbocycles. The molecule has 5 nitrogen and oxygen atoms in total. The van der Waals surface area contributed by atoms with Crippen molar-refractivity contribution >= 4 is 23.2 Å². The minimum Gasteiger partial charge on any atom is -0.504 e. The van der Waals surface area contributed by atoms with Crippen LogP contribution in [0.2, 0.25) is 5.02 Å². The molecule has 0 aliphatic rings. The molecule has 17 heavy (non-hydrogen) atoms. The molecule has 0 saturated heterocycles. The standard InChI is InChI=1S/C11H13ClN2O3/c1-5(2)14-11(17)9(13)6-3-4-7(15)10(16)8(6)12/h3-5,13,15-16H,1-2H3,(H,14,17). The van der Waals surface area contributed by atoms with Gasteiger partial charge in [0.15, 0.2) is 11.5 Å². The summed E-state index contributed by atoms with van der Waals surface area (Å²) in [5.74, 6) is -1.52. The first-order valence-electron chi connectivity index (χ1n) is 4.94. The molecule has 0 bridgehead atoms. The number of phenols is 2. The second-order valence-electron chi connectivity index (χ2n) is 3.80. The van der Waals surface area contributed by atoms with Crippen LogP contribution in [0.25, 0.3) is 0 Å². The van der Waals surface area contributed by atoms with Gasteiger partial charge in [0.1, 0.15) is 5.71 Å². The van der Waals surface area contributed by atoms with Crippen molar-refractivity contribution in [2.24, 2.45) is 0 Å². The summed E-state index contributed by atoms with van der Waals surface area (Å²) in [6, 6.07) is 2.38. The number of aromatic hydroxyl groups is 2. The lowest BCUT2D eigenvalue weighted by atomic mass is 10.1. The van der Waals surface area contributed by atoms with Crippen LogP contribution >= 0.6 is 11.6 Å². The number of hydrogen-bond donors (Lipinski definition) is 4. The second kappa shape index (κ2) is 5.05. The van der Waals surface area contributed by atoms with Gasteiger partial charge in [0.25, 0.3) is 5.91 Å². The third kappa shape index (κ3) is 2.88. The third-order valence-electron chi connectivity index (χ3n) is 2.01. The third-order valence-corrected chi connectivity index (χ3v) is 2.39. The van der Waals surface area contributed by atoms with Crippen molar-refractivity contribution in [1.29, 1.82) is 5.41 Å². The fourth-order valence-corrected chi connectivity index (χ4v) is 1.46. The molecule has 1 rings (SSSR count). The van der Waals surface area contributed by atoms with E-state index >= 15 is 0 Å². The molecule has 1 amide bonds. The summed E-state index contributed by atoms with van der Waals surface area (Å²) < 4.78 is 0. The largest absolute Gasteiger partial charge is 0.504 e. The lowest BCUT2D eigenvalue weighted by Gasteiger charge is -2.11. The minimum absolute atomic E-state index is 0.0696. The molecular weight excluding hydrogens is 244 g/mol. The molecule has 0 heterocycles. The average molecular weight is 257 g/mol. The summed E-state index contributed by atoms with van der Waals surface area (Å²) >= 11 is 5.74. The van der Waals surface area contributed by atoms with Gasteiger partial charge in [0.05, 0.1) is 5.02 Å². The fraction of sp³-hybridized carbons (Fsp3) is 0.273. The molecule has 1 aromatic carbocycles. The van der Waals surface area contributed by atoms with Crippen LogP contribution < -0.4 is 5.32 Å². The van der Waals surface area contributed by atoms with Gasteiger partial charge in [-0.05, 0) is 26.0 Å². The molecule has 1 aromatic rings. The highest BCUT2D eigenvalue weighted by Crippen LogP contribution is 2.35. The normalized spacial score (nSPS) is 10.4. The van der Waals surface area contributed by atoms with Crippen molar-refractivity contribution in [1.82, 2.24) is 5.32 Å². The molecule has 0 fully saturated rings. The van der Waals surface area contributed by atoms with E-state index in [4.69, 9.17) is 17.0 Å². The molecule has 0 aliphatic heterocycles. The highest BCUT2D eigenvalue weighted by molar-refractivity contribution is 6.48. The van der Waals surface area contributed by atoms with Crippen LogP contribution in [0, 0.1) is 5.41 Å². The minimum atomic E-state index is -0.591. The number of carbonyl (C=O) groups is 1. The Balaban J connectivity index is 3.05. The summed E-state index contributed by atoms with van der Waals surface area (Å²) in [5.41, 5.74) is -0.292. The zero-order chi connectivity index (χ0) is 13.2. The van der Waals surface area contributed by atoms with Crippen LogP contribution in [0.5, 0.6) is 11.5 Å². The van der Waals surface area contributed by atoms with Gasteiger partial charge in [-0.15, -0.1) is 0 Å². The van der Waals surface area contributed by atoms with Crippen LogP contribution in [-0.4, -0.2) is 27.9 Å². The number of halogens is 1. The molecule has 0 saturated carbocycles. The van der Waals surface area contributed by atoms with Crippen molar-refractivity contribution in [2.75, 3.05) is 0 Å². The Labute approximate surface area is 104 Å². The van der Waals surface area contributed by atoms with E-state index in [1.807, 2.05) is 0 Å². The zero-order valence-electron chi connectivity index (χ0n) is 9.41. The van der Waals surface area contributed by atoms with E-state index < -0.39 is 17.4 Å². The smallest absolute Gasteiger partial charge is 0.270 e. The number of rotatable bonds is 3. The molecule has 6 heteroatoms. The summed E-state index contributed by atoms with van der Waals surface area (Å²) in [6.45, 7) is 3.53. The van der Waals surface area contributed by atoms with E-state index in [0.29, 0.717) is 0 Å². The first kappa shape index (κ1) is 13.3. The maximum Gasteiger partial charge on any atom is 0.270 e. The SMILES string of the molecule is CC(C)NC(=O)C(=N)c1ccc(O)c(O)c1Cl. The Morgan fingerprint density at radius 3 is 2.53 bits per heavy atom. The number of amides is 1. The highest BCUT2D eigenvalue weighted by Gasteiger charge is 2.19. The molecule has 0 atom stereocenters. The van der Waals surface area contributed by atoms with Crippen molar-refractivity contribution in [3.63, 3.8) is 0 Å². The van der Waals surface area contributed by atoms with Crippen LogP contribution in [0.1, 0.15) is 19.4 Å². The molecule has 0 radical (unpaired) electrons. The Morgan fingerprint density at radius 2 is 2.00 bits per heavy atom. The van der Waals surface area contributed by atoms with Gasteiger partial charge in [0, 0.05) is 11.6 Å². The van der Waals surface area contributed by atoms with Gasteiger partial charge >= 0.3 is 0 Å². The Kier molecular flexibility index (Phi) is 3.96. The predicted molar refractivity (Wildman–Crippen MR) is 64.9 cm³/mol. The summed E-state index contributed by atoms with van der Waals surface area (Å²) in [7, 11) is 0. The summed E-state index contributed by atoms with van der Waals surface area (Å²) in [4.78, 5) is 11.6. The Hall–Kier alpha value is -1.75. The second-order valence-corrected chi connectivity index (χ2v) is 4.18. The topological polar surface area (TPSA) is 93.4 Å². The van der Waals surface area contributed by atoms with Crippen LogP contribution in [0.4, 0.5) is 0 Å². The van der Waals surface area contributed by atoms with E-state index in [0.717, 1.165) is 0 Å². The fourth-order valence-electron chi connectivity index (χ4n) is 1.20. The van der Waals surface area contributed by atoms with Crippen molar-refractivity contribution in [2.45, 2.75) is 19.9 Å². The Morgan fingerprint density at radius 1 is 1.41 bits per heavy atom. The van der Waals surface area contributed by atoms with Crippen LogP contribution in [0.3, 0.4) is 0 Å². The van der Waals surface area contributed by atoms with Crippen LogP contribution in [0.15, 0.2) is 12.1 Å². The van der Waals surface area contributed by atoms with Crippen molar-refractivity contribution < 1.29 is 15.0 Å². The Bertz CT molecular complexity index is 472. The summed E-state index contributed by atoms with van der Waals surface area (Å²) in [6.07, 6.45) is 0. The van der Waals surface area contributed by atoms with Gasteiger partial charge in [-0.2, -0.15) is 0 Å². The quantitative estimate of drug-likeness (QED) is 0.489. The lowest BCUT2D eigenvalue weighted by Crippen LogP contribution is -2.36. The van der Waals surface area contributed by atoms with Crippen LogP contribution in [-0.2, 0) is 4.79 Å². The van der Waals surface area contributed by atoms with E-state index in [1.165, 1.54) is 12.1 Å². The summed E-state index contributed by atoms with van der Waals surface area (Å²) in [5, 5.41) is 28.5. The lowest BCUT2D eigenvalue weighted by molar-refractivity contribution is -0.115. The molecule has 0 unspecified atom stereocenters. The zero-order valence-corrected chi connectivity index (χ0v) is 10.2. The van der Waals surface area contributed by atoms with Gasteiger partial charge in [-0.1, -0.05) is 11.6 Å². The molecule has 4 N–H and O–H groups in total. The van der Waals surface area contributed by atoms with Gasteiger partial charge in [-0.25, -0.2) is 0 Å². The van der Waals surface area contributed by atoms with E-state index in [2.05, 4.69) is 5.32 Å². The molecule has 0 spiro atoms. The number of benzene rings is 1. The average Bonchev–Trinajstić information content (AvgIpc) is 2.24. The molecule has 92 valence electrons. The highest BCUT2D eigenvalue weighted by atomic mass is 35.5. The van der Waals surface area contributed by atoms with Gasteiger partial charge < -0.3 is 15.5 Å². The van der Waals surface area contributed by atoms with Crippen molar-refractivity contribution in [3.05, 3.63) is 22.7 Å². The number of hydrogen-bond acceptors (Lipinski definition) is 4. The van der Waals surface area contributed by atoms with Crippen molar-refractivity contribution in [3.8, 4) is 11.5 Å². The molecular formula is C11H13ClN2O3. The van der Waals surface area contributed by atoms with E-state index in [1.54, 1.807) is 13.8 Å². The monoisotopic (exact) mass is 256 g/mol. The van der Waals surface area contributed by atoms with Gasteiger partial charge in [-0.3, -0.25) is 10.2 Å². The van der Waals surface area contributed by atoms with E-state index in [9.17, 15) is 15.0 Å². The maximum absolute atomic E-state index is 11.6. The number of nitrogens with one attached hydrogen (secondary N) is 2.